The summed E-state index contributed by atoms with van der Waals surface area (Å²) in [5.74, 6) is -0.283. The van der Waals surface area contributed by atoms with Crippen molar-refractivity contribution in [1.29, 1.82) is 0 Å². The predicted molar refractivity (Wildman–Crippen MR) is 105 cm³/mol. The highest BCUT2D eigenvalue weighted by molar-refractivity contribution is 9.10. The van der Waals surface area contributed by atoms with E-state index in [-0.39, 0.29) is 11.7 Å². The molecule has 0 aromatic heterocycles. The summed E-state index contributed by atoms with van der Waals surface area (Å²) >= 11 is 11.6. The van der Waals surface area contributed by atoms with E-state index in [4.69, 9.17) is 17.0 Å². The molecule has 6 nitrogen and oxygen atoms in total. The molecule has 0 fully saturated rings. The van der Waals surface area contributed by atoms with E-state index in [1.807, 2.05) is 0 Å². The summed E-state index contributed by atoms with van der Waals surface area (Å²) in [6.45, 7) is -0.199. The molecule has 0 aliphatic heterocycles. The van der Waals surface area contributed by atoms with E-state index in [0.29, 0.717) is 15.8 Å². The van der Waals surface area contributed by atoms with Crippen molar-refractivity contribution in [3.8, 4) is 5.75 Å². The Bertz CT molecular complexity index is 784. The fraction of sp³-hybridized carbons (Fsp3) is 0.0625. The van der Waals surface area contributed by atoms with Crippen LogP contribution in [0.25, 0.3) is 0 Å². The fourth-order valence-corrected chi connectivity index (χ4v) is 2.56. The molecule has 25 heavy (non-hydrogen) atoms. The standard InChI is InChI=1S/C16H13Br2N3O3S/c17-10-5-7-11(8-6-10)24-9-14(22)20-21-16(25)19-15(23)12-3-1-2-4-13(12)18/h1-8H,9H2,(H,20,22)(H2,19,21,23,25). The molecule has 9 heteroatoms. The molecule has 0 saturated heterocycles. The van der Waals surface area contributed by atoms with Gasteiger partial charge in [0.25, 0.3) is 11.8 Å². The van der Waals surface area contributed by atoms with Gasteiger partial charge in [-0.2, -0.15) is 0 Å². The minimum absolute atomic E-state index is 0.0299. The summed E-state index contributed by atoms with van der Waals surface area (Å²) in [5.41, 5.74) is 5.22. The predicted octanol–water partition coefficient (Wildman–Crippen LogP) is 2.93. The molecule has 0 spiro atoms. The molecule has 0 saturated carbocycles. The zero-order valence-corrected chi connectivity index (χ0v) is 16.7. The number of hydrazine groups is 1. The first-order chi connectivity index (χ1) is 12.0. The number of amides is 2. The Morgan fingerprint density at radius 2 is 1.68 bits per heavy atom. The maximum atomic E-state index is 12.0. The Morgan fingerprint density at radius 1 is 1.00 bits per heavy atom. The lowest BCUT2D eigenvalue weighted by Gasteiger charge is -2.12. The van der Waals surface area contributed by atoms with Crippen molar-refractivity contribution in [2.75, 3.05) is 6.61 Å². The van der Waals surface area contributed by atoms with Crippen molar-refractivity contribution in [3.05, 3.63) is 63.0 Å². The van der Waals surface area contributed by atoms with Crippen molar-refractivity contribution in [1.82, 2.24) is 16.2 Å². The van der Waals surface area contributed by atoms with Crippen LogP contribution in [0.2, 0.25) is 0 Å². The second-order valence-corrected chi connectivity index (χ2v) is 6.86. The maximum Gasteiger partial charge on any atom is 0.276 e. The third-order valence-corrected chi connectivity index (χ3v) is 4.27. The first-order valence-electron chi connectivity index (χ1n) is 6.99. The number of hydrogen-bond acceptors (Lipinski definition) is 4. The van der Waals surface area contributed by atoms with E-state index >= 15 is 0 Å². The van der Waals surface area contributed by atoms with Gasteiger partial charge in [0, 0.05) is 8.95 Å². The van der Waals surface area contributed by atoms with Gasteiger partial charge in [-0.15, -0.1) is 0 Å². The number of ether oxygens (including phenoxy) is 1. The third-order valence-electron chi connectivity index (χ3n) is 2.84. The van der Waals surface area contributed by atoms with Gasteiger partial charge < -0.3 is 4.74 Å². The van der Waals surface area contributed by atoms with Gasteiger partial charge in [-0.3, -0.25) is 25.8 Å². The lowest BCUT2D eigenvalue weighted by molar-refractivity contribution is -0.123. The van der Waals surface area contributed by atoms with Crippen molar-refractivity contribution in [2.45, 2.75) is 0 Å². The van der Waals surface area contributed by atoms with Crippen molar-refractivity contribution < 1.29 is 14.3 Å². The second-order valence-electron chi connectivity index (χ2n) is 4.68. The van der Waals surface area contributed by atoms with Crippen LogP contribution < -0.4 is 20.9 Å². The summed E-state index contributed by atoms with van der Waals surface area (Å²) in [6.07, 6.45) is 0. The lowest BCUT2D eigenvalue weighted by atomic mass is 10.2. The van der Waals surface area contributed by atoms with Crippen LogP contribution in [-0.2, 0) is 4.79 Å². The number of hydrogen-bond donors (Lipinski definition) is 3. The fourth-order valence-electron chi connectivity index (χ4n) is 1.69. The van der Waals surface area contributed by atoms with E-state index in [0.717, 1.165) is 4.47 Å². The van der Waals surface area contributed by atoms with Gasteiger partial charge in [0.1, 0.15) is 5.75 Å². The first kappa shape index (κ1) is 19.4. The molecule has 0 aliphatic carbocycles. The largest absolute Gasteiger partial charge is 0.484 e. The summed E-state index contributed by atoms with van der Waals surface area (Å²) in [4.78, 5) is 23.8. The van der Waals surface area contributed by atoms with Crippen LogP contribution >= 0.6 is 44.1 Å². The third kappa shape index (κ3) is 6.45. The highest BCUT2D eigenvalue weighted by atomic mass is 79.9. The zero-order chi connectivity index (χ0) is 18.2. The van der Waals surface area contributed by atoms with Gasteiger partial charge in [0.2, 0.25) is 0 Å². The average Bonchev–Trinajstić information content (AvgIpc) is 2.59. The molecule has 130 valence electrons. The Balaban J connectivity index is 1.74. The normalized spacial score (nSPS) is 9.84. The number of nitrogens with one attached hydrogen (secondary N) is 3. The highest BCUT2D eigenvalue weighted by Crippen LogP contribution is 2.16. The van der Waals surface area contributed by atoms with Crippen LogP contribution in [-0.4, -0.2) is 23.5 Å². The van der Waals surface area contributed by atoms with Gasteiger partial charge in [-0.25, -0.2) is 0 Å². The van der Waals surface area contributed by atoms with Crippen molar-refractivity contribution >= 4 is 61.0 Å². The van der Waals surface area contributed by atoms with Gasteiger partial charge in [-0.05, 0) is 64.5 Å². The van der Waals surface area contributed by atoms with E-state index in [1.165, 1.54) is 0 Å². The molecule has 0 aliphatic rings. The van der Waals surface area contributed by atoms with E-state index in [9.17, 15) is 9.59 Å². The number of benzene rings is 2. The molecule has 0 unspecified atom stereocenters. The molecule has 0 bridgehead atoms. The van der Waals surface area contributed by atoms with Gasteiger partial charge in [-0.1, -0.05) is 28.1 Å². The number of thiocarbonyl (C=S) groups is 1. The first-order valence-corrected chi connectivity index (χ1v) is 8.98. The molecule has 3 N–H and O–H groups in total. The Morgan fingerprint density at radius 3 is 2.36 bits per heavy atom. The molecule has 0 heterocycles. The molecule has 0 radical (unpaired) electrons. The SMILES string of the molecule is O=C(COc1ccc(Br)cc1)NNC(=S)NC(=O)c1ccccc1Br. The lowest BCUT2D eigenvalue weighted by Crippen LogP contribution is -2.49. The number of carbonyl (C=O) groups is 2. The topological polar surface area (TPSA) is 79.5 Å². The van der Waals surface area contributed by atoms with Gasteiger partial charge >= 0.3 is 0 Å². The Labute approximate surface area is 166 Å². The number of halogens is 2. The molecule has 0 atom stereocenters. The van der Waals surface area contributed by atoms with Gasteiger partial charge in [0.05, 0.1) is 5.56 Å². The average molecular weight is 487 g/mol. The highest BCUT2D eigenvalue weighted by Gasteiger charge is 2.11. The van der Waals surface area contributed by atoms with Crippen molar-refractivity contribution in [2.24, 2.45) is 0 Å². The van der Waals surface area contributed by atoms with Crippen LogP contribution in [0, 0.1) is 0 Å². The zero-order valence-electron chi connectivity index (χ0n) is 12.7. The smallest absolute Gasteiger partial charge is 0.276 e. The number of rotatable bonds is 4. The minimum atomic E-state index is -0.444. The summed E-state index contributed by atoms with van der Waals surface area (Å²) in [6, 6.07) is 14.0. The van der Waals surface area contributed by atoms with Crippen molar-refractivity contribution in [3.63, 3.8) is 0 Å². The van der Waals surface area contributed by atoms with Crippen LogP contribution in [0.1, 0.15) is 10.4 Å². The monoisotopic (exact) mass is 485 g/mol. The molecule has 2 aromatic rings. The Kier molecular flexibility index (Phi) is 7.35. The summed E-state index contributed by atoms with van der Waals surface area (Å²) in [7, 11) is 0. The molecular formula is C16H13Br2N3O3S. The van der Waals surface area contributed by atoms with Gasteiger partial charge in [0.15, 0.2) is 11.7 Å². The quantitative estimate of drug-likeness (QED) is 0.457. The van der Waals surface area contributed by atoms with E-state index < -0.39 is 11.8 Å². The molecule has 2 rings (SSSR count). The maximum absolute atomic E-state index is 12.0. The number of carbonyl (C=O) groups excluding carboxylic acids is 2. The summed E-state index contributed by atoms with van der Waals surface area (Å²) in [5, 5.41) is 2.43. The molecule has 2 amide bonds. The Hall–Kier alpha value is -1.97. The minimum Gasteiger partial charge on any atom is -0.484 e. The van der Waals surface area contributed by atoms with E-state index in [1.54, 1.807) is 48.5 Å². The molecular weight excluding hydrogens is 474 g/mol. The summed E-state index contributed by atoms with van der Waals surface area (Å²) < 4.78 is 6.87. The molecule has 2 aromatic carbocycles. The van der Waals surface area contributed by atoms with E-state index in [2.05, 4.69) is 48.0 Å². The van der Waals surface area contributed by atoms with Crippen LogP contribution in [0.5, 0.6) is 5.75 Å². The second kappa shape index (κ2) is 9.50. The van der Waals surface area contributed by atoms with Crippen LogP contribution in [0.3, 0.4) is 0 Å². The van der Waals surface area contributed by atoms with Crippen LogP contribution in [0.15, 0.2) is 57.5 Å². The van der Waals surface area contributed by atoms with Crippen LogP contribution in [0.4, 0.5) is 0 Å².